The van der Waals surface area contributed by atoms with Crippen molar-refractivity contribution >= 4 is 9.84 Å². The largest absolute Gasteiger partial charge is 0.393 e. The molecule has 1 aliphatic rings. The van der Waals surface area contributed by atoms with Crippen LogP contribution >= 0.6 is 0 Å². The van der Waals surface area contributed by atoms with Gasteiger partial charge in [-0.1, -0.05) is 0 Å². The Hall–Kier alpha value is -0.160. The van der Waals surface area contributed by atoms with Crippen molar-refractivity contribution in [3.05, 3.63) is 0 Å². The number of alkyl halides is 1. The molecule has 11 heavy (non-hydrogen) atoms. The molecule has 1 aliphatic carbocycles. The van der Waals surface area contributed by atoms with Crippen molar-refractivity contribution < 1.29 is 17.9 Å². The van der Waals surface area contributed by atoms with Crippen molar-refractivity contribution in [1.29, 1.82) is 0 Å². The Labute approximate surface area is 65.1 Å². The molecule has 66 valence electrons. The number of hydrogen-bond acceptors (Lipinski definition) is 3. The van der Waals surface area contributed by atoms with E-state index in [1.807, 2.05) is 0 Å². The predicted molar refractivity (Wildman–Crippen MR) is 38.5 cm³/mol. The lowest BCUT2D eigenvalue weighted by atomic mass is 10.3. The summed E-state index contributed by atoms with van der Waals surface area (Å²) in [7, 11) is -3.56. The van der Waals surface area contributed by atoms with E-state index in [2.05, 4.69) is 0 Å². The van der Waals surface area contributed by atoms with Gasteiger partial charge in [0.25, 0.3) is 0 Å². The topological polar surface area (TPSA) is 54.4 Å². The Bertz CT molecular complexity index is 224. The third-order valence-electron chi connectivity index (χ3n) is 2.02. The van der Waals surface area contributed by atoms with Gasteiger partial charge in [-0.25, -0.2) is 12.8 Å². The van der Waals surface area contributed by atoms with E-state index < -0.39 is 27.2 Å². The molecule has 0 heterocycles. The van der Waals surface area contributed by atoms with Gasteiger partial charge in [0.15, 0.2) is 15.8 Å². The van der Waals surface area contributed by atoms with Gasteiger partial charge in [-0.3, -0.25) is 0 Å². The summed E-state index contributed by atoms with van der Waals surface area (Å²) in [6.07, 6.45) is 0.519. The minimum Gasteiger partial charge on any atom is -0.393 e. The molecule has 0 aromatic carbocycles. The van der Waals surface area contributed by atoms with Crippen LogP contribution in [0.4, 0.5) is 4.39 Å². The zero-order valence-electron chi connectivity index (χ0n) is 6.03. The summed E-state index contributed by atoms with van der Waals surface area (Å²) >= 11 is 0. The number of sulfone groups is 1. The zero-order valence-corrected chi connectivity index (χ0v) is 6.85. The second-order valence-electron chi connectivity index (χ2n) is 2.86. The van der Waals surface area contributed by atoms with Gasteiger partial charge in [-0.05, 0) is 19.3 Å². The maximum atomic E-state index is 11.9. The Balaban J connectivity index is 2.64. The molecule has 0 saturated heterocycles. The van der Waals surface area contributed by atoms with Gasteiger partial charge in [-0.15, -0.1) is 0 Å². The van der Waals surface area contributed by atoms with Gasteiger partial charge in [-0.2, -0.15) is 0 Å². The minimum atomic E-state index is -3.56. The van der Waals surface area contributed by atoms with Gasteiger partial charge in [0.05, 0.1) is 11.4 Å². The van der Waals surface area contributed by atoms with E-state index in [9.17, 15) is 12.8 Å². The lowest BCUT2D eigenvalue weighted by Gasteiger charge is -2.06. The smallest absolute Gasteiger partial charge is 0.191 e. The standard InChI is InChI=1S/C6H11FO3S/c7-4-11(9,10)6-2-1-5(8)3-6/h5-6,8H,1-4H2. The van der Waals surface area contributed by atoms with E-state index in [0.717, 1.165) is 0 Å². The van der Waals surface area contributed by atoms with Crippen LogP contribution in [-0.2, 0) is 9.84 Å². The van der Waals surface area contributed by atoms with Crippen molar-refractivity contribution in [3.63, 3.8) is 0 Å². The Morgan fingerprint density at radius 2 is 2.09 bits per heavy atom. The molecule has 0 aromatic rings. The number of rotatable bonds is 2. The molecule has 1 N–H and O–H groups in total. The zero-order chi connectivity index (χ0) is 8.48. The van der Waals surface area contributed by atoms with E-state index in [1.54, 1.807) is 0 Å². The molecule has 2 atom stereocenters. The van der Waals surface area contributed by atoms with E-state index >= 15 is 0 Å². The molecule has 0 radical (unpaired) electrons. The molecule has 0 amide bonds. The van der Waals surface area contributed by atoms with Crippen molar-refractivity contribution in [1.82, 2.24) is 0 Å². The van der Waals surface area contributed by atoms with Crippen LogP contribution in [0, 0.1) is 0 Å². The first kappa shape index (κ1) is 8.93. The molecule has 1 saturated carbocycles. The lowest BCUT2D eigenvalue weighted by Crippen LogP contribution is -2.20. The SMILES string of the molecule is O=S(=O)(CF)C1CCC(O)C1. The average Bonchev–Trinajstić information content (AvgIpc) is 2.36. The highest BCUT2D eigenvalue weighted by molar-refractivity contribution is 7.91. The summed E-state index contributed by atoms with van der Waals surface area (Å²) in [4.78, 5) is 0. The van der Waals surface area contributed by atoms with E-state index in [-0.39, 0.29) is 6.42 Å². The molecule has 0 spiro atoms. The molecule has 0 bridgehead atoms. The summed E-state index contributed by atoms with van der Waals surface area (Å²) in [5.74, 6) is 0. The predicted octanol–water partition coefficient (Wildman–Crippen LogP) is 0.242. The van der Waals surface area contributed by atoms with Crippen LogP contribution < -0.4 is 0 Å². The Morgan fingerprint density at radius 1 is 1.45 bits per heavy atom. The Morgan fingerprint density at radius 3 is 2.45 bits per heavy atom. The van der Waals surface area contributed by atoms with Gasteiger partial charge >= 0.3 is 0 Å². The fraction of sp³-hybridized carbons (Fsp3) is 1.00. The fourth-order valence-electron chi connectivity index (χ4n) is 1.33. The average molecular weight is 182 g/mol. The highest BCUT2D eigenvalue weighted by Gasteiger charge is 2.32. The molecular formula is C6H11FO3S. The maximum Gasteiger partial charge on any atom is 0.191 e. The van der Waals surface area contributed by atoms with Gasteiger partial charge in [0, 0.05) is 0 Å². The van der Waals surface area contributed by atoms with Crippen LogP contribution in [0.2, 0.25) is 0 Å². The van der Waals surface area contributed by atoms with Gasteiger partial charge in [0.1, 0.15) is 0 Å². The third-order valence-corrected chi connectivity index (χ3v) is 3.76. The molecule has 2 unspecified atom stereocenters. The first-order chi connectivity index (χ1) is 5.06. The van der Waals surface area contributed by atoms with Crippen LogP contribution in [0.1, 0.15) is 19.3 Å². The van der Waals surface area contributed by atoms with Crippen molar-refractivity contribution in [2.45, 2.75) is 30.6 Å². The van der Waals surface area contributed by atoms with E-state index in [4.69, 9.17) is 5.11 Å². The van der Waals surface area contributed by atoms with Gasteiger partial charge < -0.3 is 5.11 Å². The molecule has 5 heteroatoms. The van der Waals surface area contributed by atoms with Crippen molar-refractivity contribution in [2.75, 3.05) is 6.01 Å². The van der Waals surface area contributed by atoms with E-state index in [1.165, 1.54) is 0 Å². The van der Waals surface area contributed by atoms with Crippen LogP contribution in [-0.4, -0.2) is 30.9 Å². The maximum absolute atomic E-state index is 11.9. The summed E-state index contributed by atoms with van der Waals surface area (Å²) in [5, 5.41) is 8.32. The first-order valence-corrected chi connectivity index (χ1v) is 5.23. The summed E-state index contributed by atoms with van der Waals surface area (Å²) in [5.41, 5.74) is 0. The quantitative estimate of drug-likeness (QED) is 0.665. The van der Waals surface area contributed by atoms with Crippen LogP contribution in [0.5, 0.6) is 0 Å². The summed E-state index contributed by atoms with van der Waals surface area (Å²) in [6.45, 7) is 0. The number of aliphatic hydroxyl groups is 1. The molecule has 1 fully saturated rings. The number of halogens is 1. The van der Waals surface area contributed by atoms with Crippen LogP contribution in [0.3, 0.4) is 0 Å². The monoisotopic (exact) mass is 182 g/mol. The number of aliphatic hydroxyl groups excluding tert-OH is 1. The molecular weight excluding hydrogens is 171 g/mol. The minimum absolute atomic E-state index is 0.201. The van der Waals surface area contributed by atoms with Gasteiger partial charge in [0.2, 0.25) is 0 Å². The second kappa shape index (κ2) is 3.06. The summed E-state index contributed by atoms with van der Waals surface area (Å²) in [6, 6.07) is -1.30. The fourth-order valence-corrected chi connectivity index (χ4v) is 2.52. The first-order valence-electron chi connectivity index (χ1n) is 3.52. The molecule has 0 aliphatic heterocycles. The highest BCUT2D eigenvalue weighted by Crippen LogP contribution is 2.25. The number of hydrogen-bond donors (Lipinski definition) is 1. The van der Waals surface area contributed by atoms with Crippen molar-refractivity contribution in [3.8, 4) is 0 Å². The van der Waals surface area contributed by atoms with Crippen LogP contribution in [0.25, 0.3) is 0 Å². The van der Waals surface area contributed by atoms with Crippen LogP contribution in [0.15, 0.2) is 0 Å². The summed E-state index contributed by atoms with van der Waals surface area (Å²) < 4.78 is 33.6. The second-order valence-corrected chi connectivity index (χ2v) is 5.07. The molecule has 1 rings (SSSR count). The lowest BCUT2D eigenvalue weighted by molar-refractivity contribution is 0.183. The Kier molecular flexibility index (Phi) is 2.49. The molecule has 0 aromatic heterocycles. The highest BCUT2D eigenvalue weighted by atomic mass is 32.2. The van der Waals surface area contributed by atoms with E-state index in [0.29, 0.717) is 12.8 Å². The molecule has 3 nitrogen and oxygen atoms in total. The third kappa shape index (κ3) is 1.90. The van der Waals surface area contributed by atoms with Crippen molar-refractivity contribution in [2.24, 2.45) is 0 Å². The normalized spacial score (nSPS) is 32.5.